The monoisotopic (exact) mass is 231 g/mol. The van der Waals surface area contributed by atoms with Crippen molar-refractivity contribution in [1.29, 1.82) is 5.26 Å². The topological polar surface area (TPSA) is 59.3 Å². The van der Waals surface area contributed by atoms with E-state index >= 15 is 0 Å². The summed E-state index contributed by atoms with van der Waals surface area (Å²) in [5.41, 5.74) is 1.67. The Bertz CT molecular complexity index is 407. The van der Waals surface area contributed by atoms with Gasteiger partial charge in [0.05, 0.1) is 24.3 Å². The minimum atomic E-state index is 0.00500. The van der Waals surface area contributed by atoms with Crippen molar-refractivity contribution in [2.45, 2.75) is 6.04 Å². The molecule has 1 fully saturated rings. The zero-order chi connectivity index (χ0) is 12.1. The van der Waals surface area contributed by atoms with Crippen molar-refractivity contribution in [1.82, 2.24) is 10.2 Å². The van der Waals surface area contributed by atoms with E-state index in [4.69, 9.17) is 5.26 Å². The second-order valence-electron chi connectivity index (χ2n) is 4.22. The van der Waals surface area contributed by atoms with E-state index in [1.807, 2.05) is 18.2 Å². The summed E-state index contributed by atoms with van der Waals surface area (Å²) < 4.78 is 0. The predicted molar refractivity (Wildman–Crippen MR) is 65.4 cm³/mol. The molecule has 0 amide bonds. The van der Waals surface area contributed by atoms with Crippen LogP contribution in [0.3, 0.4) is 0 Å². The van der Waals surface area contributed by atoms with E-state index in [2.05, 4.69) is 16.3 Å². The molecule has 1 aliphatic heterocycles. The maximum absolute atomic E-state index is 9.55. The lowest BCUT2D eigenvalue weighted by Crippen LogP contribution is -2.46. The fraction of sp³-hybridized carbons (Fsp3) is 0.462. The fourth-order valence-electron chi connectivity index (χ4n) is 2.24. The maximum Gasteiger partial charge on any atom is 0.0991 e. The Morgan fingerprint density at radius 1 is 1.41 bits per heavy atom. The molecule has 0 spiro atoms. The second kappa shape index (κ2) is 5.78. The van der Waals surface area contributed by atoms with Crippen LogP contribution in [0.4, 0.5) is 0 Å². The van der Waals surface area contributed by atoms with Gasteiger partial charge in [-0.2, -0.15) is 5.26 Å². The molecule has 2 rings (SSSR count). The zero-order valence-corrected chi connectivity index (χ0v) is 9.76. The van der Waals surface area contributed by atoms with Crippen LogP contribution in [-0.2, 0) is 0 Å². The smallest absolute Gasteiger partial charge is 0.0991 e. The van der Waals surface area contributed by atoms with E-state index < -0.39 is 0 Å². The number of aliphatic hydroxyl groups is 1. The molecule has 90 valence electrons. The summed E-state index contributed by atoms with van der Waals surface area (Å²) in [6, 6.07) is 9.64. The highest BCUT2D eigenvalue weighted by Crippen LogP contribution is 2.21. The van der Waals surface area contributed by atoms with Crippen LogP contribution in [-0.4, -0.2) is 42.8 Å². The molecule has 1 atom stereocenters. The average Bonchev–Trinajstić information content (AvgIpc) is 2.41. The molecule has 0 aliphatic carbocycles. The zero-order valence-electron chi connectivity index (χ0n) is 9.76. The Morgan fingerprint density at radius 2 is 2.18 bits per heavy atom. The van der Waals surface area contributed by atoms with Crippen LogP contribution in [0.5, 0.6) is 0 Å². The number of nitrogens with one attached hydrogen (secondary N) is 1. The number of benzene rings is 1. The summed E-state index contributed by atoms with van der Waals surface area (Å²) in [5.74, 6) is 0. The molecule has 1 aromatic rings. The highest BCUT2D eigenvalue weighted by Gasteiger charge is 2.21. The standard InChI is InChI=1S/C13H17N3O/c14-9-11-2-1-3-12(8-11)13(10-17)16-6-4-15-5-7-16/h1-3,8,13,15,17H,4-7,10H2/t13-/m1/s1. The van der Waals surface area contributed by atoms with Gasteiger partial charge in [-0.1, -0.05) is 12.1 Å². The molecule has 17 heavy (non-hydrogen) atoms. The van der Waals surface area contributed by atoms with E-state index in [-0.39, 0.29) is 12.6 Å². The minimum Gasteiger partial charge on any atom is -0.394 e. The van der Waals surface area contributed by atoms with Gasteiger partial charge in [-0.25, -0.2) is 0 Å². The molecular formula is C13H17N3O. The molecule has 0 aromatic heterocycles. The SMILES string of the molecule is N#Cc1cccc([C@@H](CO)N2CCNCC2)c1. The van der Waals surface area contributed by atoms with Gasteiger partial charge in [0.25, 0.3) is 0 Å². The highest BCUT2D eigenvalue weighted by molar-refractivity contribution is 5.34. The minimum absolute atomic E-state index is 0.00500. The summed E-state index contributed by atoms with van der Waals surface area (Å²) in [5, 5.41) is 21.7. The lowest BCUT2D eigenvalue weighted by Gasteiger charge is -2.34. The third-order valence-electron chi connectivity index (χ3n) is 3.17. The molecule has 1 heterocycles. The number of hydrogen-bond donors (Lipinski definition) is 2. The van der Waals surface area contributed by atoms with Crippen LogP contribution in [0.2, 0.25) is 0 Å². The summed E-state index contributed by atoms with van der Waals surface area (Å²) >= 11 is 0. The van der Waals surface area contributed by atoms with Gasteiger partial charge in [0.2, 0.25) is 0 Å². The summed E-state index contributed by atoms with van der Waals surface area (Å²) in [6.45, 7) is 3.86. The molecule has 1 aromatic carbocycles. The van der Waals surface area contributed by atoms with Crippen molar-refractivity contribution in [2.75, 3.05) is 32.8 Å². The first-order valence-electron chi connectivity index (χ1n) is 5.91. The number of aliphatic hydroxyl groups excluding tert-OH is 1. The predicted octanol–water partition coefficient (Wildman–Crippen LogP) is 0.497. The molecule has 1 saturated heterocycles. The lowest BCUT2D eigenvalue weighted by molar-refractivity contribution is 0.111. The van der Waals surface area contributed by atoms with E-state index in [9.17, 15) is 5.11 Å². The van der Waals surface area contributed by atoms with Crippen LogP contribution in [0.15, 0.2) is 24.3 Å². The summed E-state index contributed by atoms with van der Waals surface area (Å²) in [4.78, 5) is 2.26. The fourth-order valence-corrected chi connectivity index (χ4v) is 2.24. The van der Waals surface area contributed by atoms with Crippen molar-refractivity contribution in [3.05, 3.63) is 35.4 Å². The van der Waals surface area contributed by atoms with Gasteiger partial charge in [-0.05, 0) is 17.7 Å². The number of nitriles is 1. The molecule has 0 radical (unpaired) electrons. The van der Waals surface area contributed by atoms with Gasteiger partial charge in [0, 0.05) is 26.2 Å². The summed E-state index contributed by atoms with van der Waals surface area (Å²) in [6.07, 6.45) is 0. The Balaban J connectivity index is 2.18. The van der Waals surface area contributed by atoms with Crippen molar-refractivity contribution >= 4 is 0 Å². The average molecular weight is 231 g/mol. The Labute approximate surface area is 101 Å². The first-order chi connectivity index (χ1) is 8.35. The van der Waals surface area contributed by atoms with E-state index in [1.54, 1.807) is 6.07 Å². The van der Waals surface area contributed by atoms with Crippen molar-refractivity contribution in [3.8, 4) is 6.07 Å². The Kier molecular flexibility index (Phi) is 4.10. The van der Waals surface area contributed by atoms with Crippen LogP contribution < -0.4 is 5.32 Å². The third-order valence-corrected chi connectivity index (χ3v) is 3.17. The number of piperazine rings is 1. The van der Waals surface area contributed by atoms with Gasteiger partial charge < -0.3 is 10.4 Å². The van der Waals surface area contributed by atoms with Gasteiger partial charge in [-0.3, -0.25) is 4.90 Å². The molecule has 0 saturated carbocycles. The normalized spacial score (nSPS) is 18.6. The number of hydrogen-bond acceptors (Lipinski definition) is 4. The number of rotatable bonds is 3. The largest absolute Gasteiger partial charge is 0.394 e. The second-order valence-corrected chi connectivity index (χ2v) is 4.22. The molecule has 0 unspecified atom stereocenters. The van der Waals surface area contributed by atoms with Gasteiger partial charge >= 0.3 is 0 Å². The summed E-state index contributed by atoms with van der Waals surface area (Å²) in [7, 11) is 0. The van der Waals surface area contributed by atoms with Crippen LogP contribution in [0, 0.1) is 11.3 Å². The van der Waals surface area contributed by atoms with Crippen LogP contribution in [0.25, 0.3) is 0 Å². The van der Waals surface area contributed by atoms with Crippen molar-refractivity contribution in [2.24, 2.45) is 0 Å². The van der Waals surface area contributed by atoms with Crippen LogP contribution in [0.1, 0.15) is 17.2 Å². The van der Waals surface area contributed by atoms with Crippen LogP contribution >= 0.6 is 0 Å². The Morgan fingerprint density at radius 3 is 2.82 bits per heavy atom. The third kappa shape index (κ3) is 2.83. The molecular weight excluding hydrogens is 214 g/mol. The van der Waals surface area contributed by atoms with Gasteiger partial charge in [0.15, 0.2) is 0 Å². The first kappa shape index (κ1) is 12.1. The maximum atomic E-state index is 9.55. The number of nitrogens with zero attached hydrogens (tertiary/aromatic N) is 2. The van der Waals surface area contributed by atoms with E-state index in [1.165, 1.54) is 0 Å². The molecule has 0 bridgehead atoms. The Hall–Kier alpha value is -1.41. The quantitative estimate of drug-likeness (QED) is 0.795. The molecule has 4 nitrogen and oxygen atoms in total. The molecule has 1 aliphatic rings. The van der Waals surface area contributed by atoms with E-state index in [0.29, 0.717) is 5.56 Å². The van der Waals surface area contributed by atoms with Gasteiger partial charge in [0.1, 0.15) is 0 Å². The van der Waals surface area contributed by atoms with E-state index in [0.717, 1.165) is 31.7 Å². The van der Waals surface area contributed by atoms with Crippen molar-refractivity contribution < 1.29 is 5.11 Å². The lowest BCUT2D eigenvalue weighted by atomic mass is 10.0. The first-order valence-corrected chi connectivity index (χ1v) is 5.91. The van der Waals surface area contributed by atoms with Gasteiger partial charge in [-0.15, -0.1) is 0 Å². The molecule has 4 heteroatoms. The molecule has 2 N–H and O–H groups in total. The highest BCUT2D eigenvalue weighted by atomic mass is 16.3. The van der Waals surface area contributed by atoms with Crippen molar-refractivity contribution in [3.63, 3.8) is 0 Å².